The second kappa shape index (κ2) is 4.83. The molecule has 124 valence electrons. The maximum absolute atomic E-state index is 11.7. The van der Waals surface area contributed by atoms with Gasteiger partial charge in [-0.1, -0.05) is 92.7 Å². The van der Waals surface area contributed by atoms with Crippen LogP contribution in [0.4, 0.5) is 0 Å². The molecule has 0 radical (unpaired) electrons. The second-order valence-electron chi connectivity index (χ2n) is 7.98. The highest BCUT2D eigenvalue weighted by Crippen LogP contribution is 2.74. The van der Waals surface area contributed by atoms with E-state index in [1.54, 1.807) is 0 Å². The summed E-state index contributed by atoms with van der Waals surface area (Å²) in [6.07, 6.45) is 0. The van der Waals surface area contributed by atoms with Crippen LogP contribution in [0.5, 0.6) is 0 Å². The predicted molar refractivity (Wildman–Crippen MR) is 101 cm³/mol. The van der Waals surface area contributed by atoms with Crippen LogP contribution in [0.2, 0.25) is 0 Å². The van der Waals surface area contributed by atoms with Crippen molar-refractivity contribution in [1.82, 2.24) is 0 Å². The van der Waals surface area contributed by atoms with Crippen LogP contribution in [0, 0.1) is 11.3 Å². The van der Waals surface area contributed by atoms with Gasteiger partial charge in [-0.25, -0.2) is 0 Å². The Bertz CT molecular complexity index is 911. The molecule has 0 bridgehead atoms. The molecule has 25 heavy (non-hydrogen) atoms. The first-order valence-electron chi connectivity index (χ1n) is 9.03. The van der Waals surface area contributed by atoms with E-state index >= 15 is 0 Å². The molecule has 1 nitrogen and oxygen atoms in total. The number of benzene rings is 3. The number of fused-ring (bicyclic) bond motifs is 3. The lowest BCUT2D eigenvalue weighted by molar-refractivity contribution is 0.0983. The molecule has 0 aliphatic heterocycles. The van der Waals surface area contributed by atoms with Gasteiger partial charge >= 0.3 is 0 Å². The van der Waals surface area contributed by atoms with Gasteiger partial charge in [0.05, 0.1) is 5.60 Å². The molecule has 1 saturated carbocycles. The van der Waals surface area contributed by atoms with Crippen molar-refractivity contribution in [3.63, 3.8) is 0 Å². The first-order valence-corrected chi connectivity index (χ1v) is 9.03. The molecule has 3 aromatic carbocycles. The molecule has 1 heteroatoms. The van der Waals surface area contributed by atoms with Crippen LogP contribution in [0.15, 0.2) is 78.9 Å². The lowest BCUT2D eigenvalue weighted by Gasteiger charge is -2.17. The molecule has 0 saturated heterocycles. The van der Waals surface area contributed by atoms with Gasteiger partial charge in [-0.3, -0.25) is 0 Å². The van der Waals surface area contributed by atoms with Crippen molar-refractivity contribution >= 4 is 0 Å². The van der Waals surface area contributed by atoms with Crippen LogP contribution in [-0.4, -0.2) is 5.11 Å². The summed E-state index contributed by atoms with van der Waals surface area (Å²) in [6.45, 7) is 4.41. The Balaban J connectivity index is 1.70. The van der Waals surface area contributed by atoms with Gasteiger partial charge in [0.2, 0.25) is 0 Å². The maximum atomic E-state index is 11.7. The van der Waals surface area contributed by atoms with E-state index in [1.165, 1.54) is 22.3 Å². The summed E-state index contributed by atoms with van der Waals surface area (Å²) < 4.78 is 0. The number of rotatable bonds is 2. The van der Waals surface area contributed by atoms with Crippen LogP contribution in [0.25, 0.3) is 11.1 Å². The minimum absolute atomic E-state index is 0.163. The summed E-state index contributed by atoms with van der Waals surface area (Å²) in [5.41, 5.74) is 5.43. The number of aliphatic hydroxyl groups is 1. The molecule has 0 unspecified atom stereocenters. The average Bonchev–Trinajstić information content (AvgIpc) is 2.95. The van der Waals surface area contributed by atoms with Gasteiger partial charge in [0, 0.05) is 17.3 Å². The van der Waals surface area contributed by atoms with Crippen molar-refractivity contribution in [3.05, 3.63) is 95.6 Å². The zero-order chi connectivity index (χ0) is 17.2. The fraction of sp³-hybridized carbons (Fsp3) is 0.250. The Morgan fingerprint density at radius 3 is 1.72 bits per heavy atom. The Morgan fingerprint density at radius 2 is 1.16 bits per heavy atom. The van der Waals surface area contributed by atoms with Crippen LogP contribution in [0.1, 0.15) is 36.5 Å². The fourth-order valence-corrected chi connectivity index (χ4v) is 5.24. The van der Waals surface area contributed by atoms with Crippen molar-refractivity contribution in [1.29, 1.82) is 0 Å². The van der Waals surface area contributed by atoms with E-state index in [2.05, 4.69) is 74.5 Å². The Morgan fingerprint density at radius 1 is 0.680 bits per heavy atom. The molecular weight excluding hydrogens is 304 g/mol. The molecule has 1 fully saturated rings. The third-order valence-electron chi connectivity index (χ3n) is 6.56. The van der Waals surface area contributed by atoms with Crippen molar-refractivity contribution in [2.75, 3.05) is 0 Å². The zero-order valence-electron chi connectivity index (χ0n) is 14.6. The highest BCUT2D eigenvalue weighted by atomic mass is 16.3. The molecule has 0 spiro atoms. The molecule has 2 aliphatic rings. The summed E-state index contributed by atoms with van der Waals surface area (Å²) in [4.78, 5) is 0. The van der Waals surface area contributed by atoms with Crippen LogP contribution in [0.3, 0.4) is 0 Å². The normalized spacial score (nSPS) is 26.1. The summed E-state index contributed by atoms with van der Waals surface area (Å²) in [7, 11) is 0. The van der Waals surface area contributed by atoms with Crippen molar-refractivity contribution in [2.24, 2.45) is 11.3 Å². The third kappa shape index (κ3) is 1.77. The lowest BCUT2D eigenvalue weighted by Crippen LogP contribution is -2.15. The van der Waals surface area contributed by atoms with Crippen molar-refractivity contribution in [3.8, 4) is 11.1 Å². The first kappa shape index (κ1) is 14.9. The average molecular weight is 326 g/mol. The predicted octanol–water partition coefficient (Wildman–Crippen LogP) is 5.34. The van der Waals surface area contributed by atoms with Crippen molar-refractivity contribution < 1.29 is 5.11 Å². The van der Waals surface area contributed by atoms with Gasteiger partial charge < -0.3 is 5.11 Å². The maximum Gasteiger partial charge on any atom is 0.0994 e. The van der Waals surface area contributed by atoms with E-state index in [0.717, 1.165) is 5.56 Å². The minimum atomic E-state index is -0.788. The lowest BCUT2D eigenvalue weighted by atomic mass is 9.87. The summed E-state index contributed by atoms with van der Waals surface area (Å²) in [5, 5.41) is 11.7. The summed E-state index contributed by atoms with van der Waals surface area (Å²) in [5.74, 6) is 0.416. The largest absolute Gasteiger partial charge is 0.384 e. The number of hydrogen-bond acceptors (Lipinski definition) is 1. The Hall–Kier alpha value is -2.38. The Labute approximate surface area is 149 Å². The van der Waals surface area contributed by atoms with Crippen LogP contribution in [-0.2, 0) is 5.60 Å². The molecular formula is C24H22O. The van der Waals surface area contributed by atoms with Gasteiger partial charge in [0.15, 0.2) is 0 Å². The third-order valence-corrected chi connectivity index (χ3v) is 6.56. The summed E-state index contributed by atoms with van der Waals surface area (Å²) in [6, 6.07) is 27.5. The summed E-state index contributed by atoms with van der Waals surface area (Å²) >= 11 is 0. The topological polar surface area (TPSA) is 20.2 Å². The standard InChI is InChI=1S/C24H22O/c1-23(2)22(24(23,25)16-10-4-3-5-11-16)21-19-14-8-6-12-17(19)18-13-7-9-15-20(18)21/h3-15,21-22,25H,1-2H3/t22-,24+/m0/s1. The molecule has 0 amide bonds. The van der Waals surface area contributed by atoms with E-state index in [-0.39, 0.29) is 17.3 Å². The van der Waals surface area contributed by atoms with Gasteiger partial charge in [0.25, 0.3) is 0 Å². The molecule has 0 heterocycles. The SMILES string of the molecule is CC1(C)[C@H](C2c3ccccc3-c3ccccc32)[C@]1(O)c1ccccc1. The highest BCUT2D eigenvalue weighted by molar-refractivity contribution is 5.79. The molecule has 0 aromatic heterocycles. The van der Waals surface area contributed by atoms with E-state index in [4.69, 9.17) is 0 Å². The number of hydrogen-bond donors (Lipinski definition) is 1. The van der Waals surface area contributed by atoms with Gasteiger partial charge in [0.1, 0.15) is 0 Å². The van der Waals surface area contributed by atoms with Crippen molar-refractivity contribution in [2.45, 2.75) is 25.4 Å². The molecule has 3 aromatic rings. The fourth-order valence-electron chi connectivity index (χ4n) is 5.24. The molecule has 2 atom stereocenters. The van der Waals surface area contributed by atoms with E-state index in [1.807, 2.05) is 18.2 Å². The van der Waals surface area contributed by atoms with Crippen LogP contribution < -0.4 is 0 Å². The smallest absolute Gasteiger partial charge is 0.0994 e. The molecule has 5 rings (SSSR count). The monoisotopic (exact) mass is 326 g/mol. The minimum Gasteiger partial charge on any atom is -0.384 e. The van der Waals surface area contributed by atoms with Gasteiger partial charge in [-0.2, -0.15) is 0 Å². The second-order valence-corrected chi connectivity index (χ2v) is 7.98. The Kier molecular flexibility index (Phi) is 2.88. The molecule has 2 aliphatic carbocycles. The van der Waals surface area contributed by atoms with Gasteiger partial charge in [-0.05, 0) is 27.8 Å². The quantitative estimate of drug-likeness (QED) is 0.673. The highest BCUT2D eigenvalue weighted by Gasteiger charge is 2.74. The van der Waals surface area contributed by atoms with E-state index in [9.17, 15) is 5.11 Å². The zero-order valence-corrected chi connectivity index (χ0v) is 14.6. The van der Waals surface area contributed by atoms with Gasteiger partial charge in [-0.15, -0.1) is 0 Å². The molecule has 1 N–H and O–H groups in total. The van der Waals surface area contributed by atoms with E-state index < -0.39 is 5.60 Å². The van der Waals surface area contributed by atoms with E-state index in [0.29, 0.717) is 0 Å². The first-order chi connectivity index (χ1) is 12.1. The van der Waals surface area contributed by atoms with Crippen LogP contribution >= 0.6 is 0 Å².